The molecule has 0 aromatic rings. The van der Waals surface area contributed by atoms with Gasteiger partial charge in [-0.05, 0) is 11.9 Å². The third kappa shape index (κ3) is 3.04. The van der Waals surface area contributed by atoms with Crippen molar-refractivity contribution in [2.24, 2.45) is 4.40 Å². The number of alkyl halides is 1. The normalized spacial score (nSPS) is 15.5. The van der Waals surface area contributed by atoms with Gasteiger partial charge < -0.3 is 0 Å². The molecule has 2 nitrogen and oxygen atoms in total. The number of halogens is 1. The van der Waals surface area contributed by atoms with Crippen molar-refractivity contribution in [2.75, 3.05) is 12.1 Å². The van der Waals surface area contributed by atoms with E-state index in [2.05, 4.69) is 16.0 Å². The van der Waals surface area contributed by atoms with Crippen LogP contribution in [-0.4, -0.2) is 24.1 Å². The van der Waals surface area contributed by atoms with E-state index in [1.807, 2.05) is 0 Å². The summed E-state index contributed by atoms with van der Waals surface area (Å²) < 4.78 is 3.61. The average molecular weight is 152 g/mol. The van der Waals surface area contributed by atoms with Crippen molar-refractivity contribution in [1.82, 2.24) is 0 Å². The number of hydrogen-bond donors (Lipinski definition) is 0. The van der Waals surface area contributed by atoms with Crippen LogP contribution in [0.4, 0.5) is 0 Å². The second-order valence-electron chi connectivity index (χ2n) is 0.974. The minimum Gasteiger partial charge on any atom is -0.292 e. The van der Waals surface area contributed by atoms with Crippen LogP contribution in [0.15, 0.2) is 4.40 Å². The number of hydrogen-bond acceptors (Lipinski definition) is 3. The Morgan fingerprint density at radius 1 is 1.88 bits per heavy atom. The maximum absolute atomic E-state index is 10.1. The zero-order valence-electron chi connectivity index (χ0n) is 4.43. The van der Waals surface area contributed by atoms with E-state index >= 15 is 0 Å². The summed E-state index contributed by atoms with van der Waals surface area (Å²) in [6.45, 7) is 0. The number of carbonyl (C=O) groups is 1. The first-order chi connectivity index (χ1) is 3.89. The van der Waals surface area contributed by atoms with E-state index in [9.17, 15) is 4.79 Å². The Labute approximate surface area is 57.5 Å². The molecule has 0 fully saturated rings. The van der Waals surface area contributed by atoms with Crippen molar-refractivity contribution in [1.29, 1.82) is 0 Å². The number of carbonyl (C=O) groups excluding carboxylic acids is 1. The fourth-order valence-corrected chi connectivity index (χ4v) is 0.703. The van der Waals surface area contributed by atoms with Gasteiger partial charge in [0.25, 0.3) is 0 Å². The number of rotatable bonds is 0. The molecule has 1 rings (SSSR count). The maximum Gasteiger partial charge on any atom is 0.186 e. The highest BCUT2D eigenvalue weighted by Crippen LogP contribution is 2.05. The molecule has 1 aliphatic rings. The summed E-state index contributed by atoms with van der Waals surface area (Å²) >= 11 is 5.94. The Kier molecular flexibility index (Phi) is 5.11. The van der Waals surface area contributed by atoms with Crippen LogP contribution in [0.5, 0.6) is 0 Å². The summed E-state index contributed by atoms with van der Waals surface area (Å²) in [5.41, 5.74) is 0. The molecule has 0 saturated carbocycles. The Morgan fingerprint density at radius 2 is 2.50 bits per heavy atom. The third-order valence-electron chi connectivity index (χ3n) is 0.478. The van der Waals surface area contributed by atoms with Gasteiger partial charge >= 0.3 is 0 Å². The molecule has 4 heteroatoms. The van der Waals surface area contributed by atoms with Gasteiger partial charge in [0.15, 0.2) is 5.78 Å². The highest BCUT2D eigenvalue weighted by atomic mass is 35.5. The lowest BCUT2D eigenvalue weighted by molar-refractivity contribution is -0.110. The summed E-state index contributed by atoms with van der Waals surface area (Å²) in [6, 6.07) is 0. The molecule has 0 unspecified atom stereocenters. The topological polar surface area (TPSA) is 29.4 Å². The second kappa shape index (κ2) is 5.12. The fraction of sp³-hybridized carbons (Fsp3) is 0.500. The molecule has 0 aromatic heterocycles. The minimum atomic E-state index is 0.125. The molecule has 0 radical (unpaired) electrons. The molecule has 8 heavy (non-hydrogen) atoms. The molecule has 0 amide bonds. The number of Topliss-reactive ketones (excluding diaryl/α,β-unsaturated/α-hetero) is 1. The smallest absolute Gasteiger partial charge is 0.186 e. The lowest BCUT2D eigenvalue weighted by atomic mass is 10.5. The van der Waals surface area contributed by atoms with E-state index in [-0.39, 0.29) is 5.78 Å². The summed E-state index contributed by atoms with van der Waals surface area (Å²) in [5.74, 6) is 0.667. The van der Waals surface area contributed by atoms with Crippen molar-refractivity contribution >= 4 is 35.5 Å². The predicted molar refractivity (Wildman–Crippen MR) is 37.7 cm³/mol. The van der Waals surface area contributed by atoms with Gasteiger partial charge in [-0.15, -0.1) is 11.6 Å². The van der Waals surface area contributed by atoms with E-state index in [4.69, 9.17) is 0 Å². The third-order valence-corrected chi connectivity index (χ3v) is 1.15. The lowest BCUT2D eigenvalue weighted by Gasteiger charge is -1.67. The van der Waals surface area contributed by atoms with Crippen molar-refractivity contribution in [2.45, 2.75) is 0 Å². The van der Waals surface area contributed by atoms with Crippen LogP contribution in [0.1, 0.15) is 0 Å². The van der Waals surface area contributed by atoms with Crippen LogP contribution >= 0.6 is 23.5 Å². The molecule has 0 bridgehead atoms. The van der Waals surface area contributed by atoms with Crippen LogP contribution in [-0.2, 0) is 4.79 Å². The largest absolute Gasteiger partial charge is 0.292 e. The van der Waals surface area contributed by atoms with Crippen LogP contribution in [0.25, 0.3) is 0 Å². The van der Waals surface area contributed by atoms with Crippen LogP contribution in [0.3, 0.4) is 0 Å². The lowest BCUT2D eigenvalue weighted by Crippen LogP contribution is -1.93. The van der Waals surface area contributed by atoms with E-state index in [1.165, 1.54) is 24.5 Å². The molecule has 1 heterocycles. The van der Waals surface area contributed by atoms with E-state index in [0.29, 0.717) is 5.75 Å². The first kappa shape index (κ1) is 7.98. The summed E-state index contributed by atoms with van der Waals surface area (Å²) in [6.07, 6.45) is 2.82. The zero-order chi connectivity index (χ0) is 6.41. The molecule has 0 aliphatic carbocycles. The summed E-state index contributed by atoms with van der Waals surface area (Å²) in [4.78, 5) is 10.1. The molecule has 0 atom stereocenters. The summed E-state index contributed by atoms with van der Waals surface area (Å²) in [7, 11) is 0. The fourth-order valence-electron chi connectivity index (χ4n) is 0.234. The van der Waals surface area contributed by atoms with Gasteiger partial charge in [0.1, 0.15) is 0 Å². The van der Waals surface area contributed by atoms with Gasteiger partial charge in [0, 0.05) is 6.38 Å². The van der Waals surface area contributed by atoms with Crippen molar-refractivity contribution in [3.63, 3.8) is 0 Å². The second-order valence-corrected chi connectivity index (χ2v) is 1.73. The van der Waals surface area contributed by atoms with Crippen LogP contribution in [0.2, 0.25) is 0 Å². The molecular formula is C4H6ClNOS. The van der Waals surface area contributed by atoms with Crippen molar-refractivity contribution in [3.8, 4) is 0 Å². The Hall–Kier alpha value is -0.0200. The van der Waals surface area contributed by atoms with Crippen molar-refractivity contribution < 1.29 is 4.79 Å². The highest BCUT2D eigenvalue weighted by Gasteiger charge is 2.01. The zero-order valence-corrected chi connectivity index (χ0v) is 6.00. The Morgan fingerprint density at radius 3 is 2.62 bits per heavy atom. The first-order valence-corrected chi connectivity index (χ1v) is 3.65. The molecule has 0 spiro atoms. The van der Waals surface area contributed by atoms with Gasteiger partial charge in [-0.1, -0.05) is 0 Å². The molecule has 0 aromatic carbocycles. The van der Waals surface area contributed by atoms with E-state index in [0.717, 1.165) is 0 Å². The molecule has 0 saturated heterocycles. The molecular weight excluding hydrogens is 146 g/mol. The van der Waals surface area contributed by atoms with Gasteiger partial charge in [-0.25, -0.2) is 4.40 Å². The monoisotopic (exact) mass is 151 g/mol. The Bertz CT molecular complexity index is 104. The average Bonchev–Trinajstić information content (AvgIpc) is 2.24. The number of nitrogens with zero attached hydrogens (tertiary/aromatic N) is 1. The van der Waals surface area contributed by atoms with Gasteiger partial charge in [0.2, 0.25) is 0 Å². The minimum absolute atomic E-state index is 0.125. The van der Waals surface area contributed by atoms with Gasteiger partial charge in [0.05, 0.1) is 12.0 Å². The van der Waals surface area contributed by atoms with Gasteiger partial charge in [-0.3, -0.25) is 4.79 Å². The predicted octanol–water partition coefficient (Wildman–Crippen LogP) is 1.14. The Balaban J connectivity index is 0.000000222. The van der Waals surface area contributed by atoms with Crippen LogP contribution < -0.4 is 0 Å². The number of ketones is 1. The van der Waals surface area contributed by atoms with Crippen molar-refractivity contribution in [3.05, 3.63) is 0 Å². The van der Waals surface area contributed by atoms with E-state index < -0.39 is 0 Å². The quantitative estimate of drug-likeness (QED) is 0.384. The molecule has 1 aliphatic heterocycles. The molecule has 0 N–H and O–H groups in total. The van der Waals surface area contributed by atoms with Gasteiger partial charge in [-0.2, -0.15) is 0 Å². The summed E-state index contributed by atoms with van der Waals surface area (Å²) in [5, 5.41) is 0. The SMILES string of the molecule is CCl.O=C1C=NSC1. The highest BCUT2D eigenvalue weighted by molar-refractivity contribution is 7.99. The molecule has 46 valence electrons. The first-order valence-electron chi connectivity index (χ1n) is 1.95. The standard InChI is InChI=1S/C3H3NOS.CH3Cl/c5-3-1-4-6-2-3;1-2/h1H,2H2;1H3. The van der Waals surface area contributed by atoms with E-state index in [1.54, 1.807) is 0 Å². The van der Waals surface area contributed by atoms with Crippen LogP contribution in [0, 0.1) is 0 Å². The maximum atomic E-state index is 10.1.